The van der Waals surface area contributed by atoms with Gasteiger partial charge in [0, 0.05) is 5.56 Å². The van der Waals surface area contributed by atoms with Crippen LogP contribution in [0.4, 0.5) is 17.3 Å². The molecule has 0 saturated carbocycles. The Hall–Kier alpha value is -3.98. The first kappa shape index (κ1) is 18.8. The molecule has 1 aromatic carbocycles. The lowest BCUT2D eigenvalue weighted by molar-refractivity contribution is 0.335. The lowest BCUT2D eigenvalue weighted by atomic mass is 9.92. The normalized spacial score (nSPS) is 14.8. The Bertz CT molecular complexity index is 1040. The summed E-state index contributed by atoms with van der Waals surface area (Å²) in [5.41, 5.74) is 15.7. The SMILES string of the molecule is CCOc1c(C)cc(C2N=C(NC#N)Nc3nc(N)c(C#N)c(N)c32)cc1C. The number of anilines is 3. The van der Waals surface area contributed by atoms with Crippen molar-refractivity contribution in [2.75, 3.05) is 23.4 Å². The molecule has 9 nitrogen and oxygen atoms in total. The summed E-state index contributed by atoms with van der Waals surface area (Å²) >= 11 is 0. The standard InChI is InChI=1S/C19H20N8O/c1-4-28-16-9(2)5-11(6-10(16)3)15-13-14(22)12(7-20)17(23)26-18(13)27-19(25-15)24-8-21/h5-6,15H,4H2,1-3H3,(H6,22,23,24,25,26,27). The highest BCUT2D eigenvalue weighted by Gasteiger charge is 2.30. The van der Waals surface area contributed by atoms with Gasteiger partial charge in [-0.25, -0.2) is 9.98 Å². The van der Waals surface area contributed by atoms with E-state index >= 15 is 0 Å². The zero-order valence-electron chi connectivity index (χ0n) is 15.8. The van der Waals surface area contributed by atoms with Gasteiger partial charge < -0.3 is 21.5 Å². The number of nitrogens with one attached hydrogen (secondary N) is 2. The van der Waals surface area contributed by atoms with Gasteiger partial charge in [-0.15, -0.1) is 0 Å². The number of fused-ring (bicyclic) bond motifs is 1. The number of nitrogen functional groups attached to an aromatic ring is 2. The van der Waals surface area contributed by atoms with E-state index in [0.29, 0.717) is 18.0 Å². The minimum Gasteiger partial charge on any atom is -0.493 e. The van der Waals surface area contributed by atoms with E-state index in [0.717, 1.165) is 22.4 Å². The van der Waals surface area contributed by atoms with Crippen LogP contribution in [-0.4, -0.2) is 17.6 Å². The van der Waals surface area contributed by atoms with Gasteiger partial charge in [-0.2, -0.15) is 10.5 Å². The number of rotatable bonds is 3. The number of nitrogens with zero attached hydrogens (tertiary/aromatic N) is 4. The number of guanidine groups is 1. The molecule has 0 aliphatic carbocycles. The molecule has 3 rings (SSSR count). The molecule has 0 fully saturated rings. The molecule has 28 heavy (non-hydrogen) atoms. The van der Waals surface area contributed by atoms with Crippen molar-refractivity contribution in [3.8, 4) is 18.0 Å². The van der Waals surface area contributed by atoms with Gasteiger partial charge in [0.25, 0.3) is 0 Å². The summed E-state index contributed by atoms with van der Waals surface area (Å²) in [4.78, 5) is 8.82. The lowest BCUT2D eigenvalue weighted by Crippen LogP contribution is -2.32. The van der Waals surface area contributed by atoms with Crippen molar-refractivity contribution in [1.29, 1.82) is 10.5 Å². The summed E-state index contributed by atoms with van der Waals surface area (Å²) in [6.07, 6.45) is 1.83. The number of aliphatic imine (C=N–C) groups is 1. The molecule has 6 N–H and O–H groups in total. The van der Waals surface area contributed by atoms with E-state index in [1.807, 2.05) is 45.2 Å². The smallest absolute Gasteiger partial charge is 0.211 e. The second kappa shape index (κ2) is 7.33. The predicted molar refractivity (Wildman–Crippen MR) is 107 cm³/mol. The maximum Gasteiger partial charge on any atom is 0.211 e. The van der Waals surface area contributed by atoms with Crippen LogP contribution in [0.1, 0.15) is 40.8 Å². The summed E-state index contributed by atoms with van der Waals surface area (Å²) in [5, 5.41) is 23.8. The van der Waals surface area contributed by atoms with Gasteiger partial charge in [0.15, 0.2) is 6.19 Å². The van der Waals surface area contributed by atoms with Crippen LogP contribution in [0, 0.1) is 36.6 Å². The predicted octanol–water partition coefficient (Wildman–Crippen LogP) is 2.07. The minimum absolute atomic E-state index is 0.0160. The van der Waals surface area contributed by atoms with Gasteiger partial charge in [0.05, 0.1) is 12.3 Å². The van der Waals surface area contributed by atoms with Gasteiger partial charge in [-0.1, -0.05) is 0 Å². The molecule has 0 saturated heterocycles. The Labute approximate surface area is 162 Å². The number of nitriles is 2. The molecular weight excluding hydrogens is 356 g/mol. The third-order valence-electron chi connectivity index (χ3n) is 4.44. The van der Waals surface area contributed by atoms with Crippen molar-refractivity contribution in [3.05, 3.63) is 39.9 Å². The Morgan fingerprint density at radius 1 is 1.25 bits per heavy atom. The van der Waals surface area contributed by atoms with Crippen LogP contribution in [-0.2, 0) is 0 Å². The van der Waals surface area contributed by atoms with Crippen LogP contribution < -0.4 is 26.8 Å². The van der Waals surface area contributed by atoms with Crippen LogP contribution in [0.5, 0.6) is 5.75 Å². The molecule has 1 atom stereocenters. The van der Waals surface area contributed by atoms with Gasteiger partial charge in [0.1, 0.15) is 35.1 Å². The average Bonchev–Trinajstić information content (AvgIpc) is 2.64. The Balaban J connectivity index is 2.23. The Morgan fingerprint density at radius 2 is 1.93 bits per heavy atom. The maximum absolute atomic E-state index is 9.40. The maximum atomic E-state index is 9.40. The fraction of sp³-hybridized carbons (Fsp3) is 0.263. The average molecular weight is 376 g/mol. The third-order valence-corrected chi connectivity index (χ3v) is 4.44. The molecule has 0 bridgehead atoms. The first-order chi connectivity index (χ1) is 13.4. The molecule has 1 aromatic heterocycles. The highest BCUT2D eigenvalue weighted by atomic mass is 16.5. The Morgan fingerprint density at radius 3 is 2.50 bits per heavy atom. The molecule has 0 radical (unpaired) electrons. The molecule has 9 heteroatoms. The summed E-state index contributed by atoms with van der Waals surface area (Å²) < 4.78 is 5.71. The number of nitrogens with two attached hydrogens (primary N) is 2. The van der Waals surface area contributed by atoms with Crippen molar-refractivity contribution in [3.63, 3.8) is 0 Å². The van der Waals surface area contributed by atoms with Gasteiger partial charge in [-0.05, 0) is 49.6 Å². The van der Waals surface area contributed by atoms with E-state index in [1.165, 1.54) is 0 Å². The van der Waals surface area contributed by atoms with Crippen molar-refractivity contribution < 1.29 is 4.74 Å². The number of aryl methyl sites for hydroxylation is 2. The summed E-state index contributed by atoms with van der Waals surface area (Å²) in [5.74, 6) is 1.42. The van der Waals surface area contributed by atoms with E-state index < -0.39 is 6.04 Å². The molecule has 2 heterocycles. The number of hydrogen-bond donors (Lipinski definition) is 4. The number of hydrogen-bond acceptors (Lipinski definition) is 9. The van der Waals surface area contributed by atoms with Crippen LogP contribution in [0.2, 0.25) is 0 Å². The molecule has 142 valence electrons. The van der Waals surface area contributed by atoms with Gasteiger partial charge in [0.2, 0.25) is 5.96 Å². The minimum atomic E-state index is -0.569. The van der Waals surface area contributed by atoms with E-state index in [1.54, 1.807) is 0 Å². The van der Waals surface area contributed by atoms with Crippen molar-refractivity contribution in [1.82, 2.24) is 10.3 Å². The van der Waals surface area contributed by atoms with Crippen LogP contribution >= 0.6 is 0 Å². The molecule has 1 aliphatic rings. The van der Waals surface area contributed by atoms with Gasteiger partial charge >= 0.3 is 0 Å². The monoisotopic (exact) mass is 376 g/mol. The zero-order valence-corrected chi connectivity index (χ0v) is 15.8. The highest BCUT2D eigenvalue weighted by molar-refractivity contribution is 5.98. The first-order valence-electron chi connectivity index (χ1n) is 8.64. The van der Waals surface area contributed by atoms with Crippen molar-refractivity contribution in [2.45, 2.75) is 26.8 Å². The number of aromatic nitrogens is 1. The lowest BCUT2D eigenvalue weighted by Gasteiger charge is -2.27. The summed E-state index contributed by atoms with van der Waals surface area (Å²) in [6, 6.07) is 5.33. The van der Waals surface area contributed by atoms with Crippen LogP contribution in [0.25, 0.3) is 0 Å². The largest absolute Gasteiger partial charge is 0.493 e. The number of ether oxygens (including phenoxy) is 1. The summed E-state index contributed by atoms with van der Waals surface area (Å²) in [6.45, 7) is 6.40. The molecule has 1 aliphatic heterocycles. The summed E-state index contributed by atoms with van der Waals surface area (Å²) in [7, 11) is 0. The third kappa shape index (κ3) is 3.10. The second-order valence-electron chi connectivity index (χ2n) is 6.32. The van der Waals surface area contributed by atoms with E-state index in [2.05, 4.69) is 20.6 Å². The van der Waals surface area contributed by atoms with E-state index in [-0.39, 0.29) is 23.0 Å². The highest BCUT2D eigenvalue weighted by Crippen LogP contribution is 2.41. The van der Waals surface area contributed by atoms with Gasteiger partial charge in [-0.3, -0.25) is 5.32 Å². The number of pyridine rings is 1. The first-order valence-corrected chi connectivity index (χ1v) is 8.64. The zero-order chi connectivity index (χ0) is 20.4. The molecule has 1 unspecified atom stereocenters. The molecule has 0 amide bonds. The molecular formula is C19H20N8O. The Kier molecular flexibility index (Phi) is 4.92. The van der Waals surface area contributed by atoms with Crippen molar-refractivity contribution >= 4 is 23.3 Å². The fourth-order valence-electron chi connectivity index (χ4n) is 3.34. The van der Waals surface area contributed by atoms with Crippen LogP contribution in [0.3, 0.4) is 0 Å². The fourth-order valence-corrected chi connectivity index (χ4v) is 3.34. The second-order valence-corrected chi connectivity index (χ2v) is 6.32. The molecule has 0 spiro atoms. The van der Waals surface area contributed by atoms with Crippen molar-refractivity contribution in [2.24, 2.45) is 4.99 Å². The van der Waals surface area contributed by atoms with Crippen LogP contribution in [0.15, 0.2) is 17.1 Å². The number of benzene rings is 1. The topological polar surface area (TPSA) is 158 Å². The van der Waals surface area contributed by atoms with E-state index in [4.69, 9.17) is 21.5 Å². The quantitative estimate of drug-likeness (QED) is 0.468. The van der Waals surface area contributed by atoms with E-state index in [9.17, 15) is 5.26 Å². The molecule has 2 aromatic rings.